The minimum Gasteiger partial charge on any atom is -0.465 e. The lowest BCUT2D eigenvalue weighted by Crippen LogP contribution is -2.17. The number of esters is 1. The SMILES string of the molecule is COC(=O)c1ccccc1NC(=O)CSc1nc(C(C)(C)C)cs1. The quantitative estimate of drug-likeness (QED) is 0.642. The summed E-state index contributed by atoms with van der Waals surface area (Å²) in [5.74, 6) is -0.441. The fraction of sp³-hybridized carbons (Fsp3) is 0.353. The first kappa shape index (κ1) is 18.5. The van der Waals surface area contributed by atoms with Gasteiger partial charge in [0.1, 0.15) is 0 Å². The summed E-state index contributed by atoms with van der Waals surface area (Å²) in [6, 6.07) is 6.77. The number of para-hydroxylation sites is 1. The van der Waals surface area contributed by atoms with Crippen LogP contribution in [-0.2, 0) is 14.9 Å². The molecule has 0 bridgehead atoms. The molecule has 0 spiro atoms. The van der Waals surface area contributed by atoms with Crippen LogP contribution in [0, 0.1) is 0 Å². The number of aromatic nitrogens is 1. The van der Waals surface area contributed by atoms with Gasteiger partial charge in [-0.3, -0.25) is 4.79 Å². The standard InChI is InChI=1S/C17H20N2O3S2/c1-17(2,3)13-9-23-16(19-13)24-10-14(20)18-12-8-6-5-7-11(12)15(21)22-4/h5-9H,10H2,1-4H3,(H,18,20). The zero-order valence-corrected chi connectivity index (χ0v) is 15.7. The van der Waals surface area contributed by atoms with Crippen molar-refractivity contribution in [1.82, 2.24) is 4.98 Å². The summed E-state index contributed by atoms with van der Waals surface area (Å²) in [6.07, 6.45) is 0. The van der Waals surface area contributed by atoms with Gasteiger partial charge in [-0.15, -0.1) is 11.3 Å². The second-order valence-corrected chi connectivity index (χ2v) is 8.20. The van der Waals surface area contributed by atoms with Gasteiger partial charge < -0.3 is 10.1 Å². The van der Waals surface area contributed by atoms with Crippen molar-refractivity contribution < 1.29 is 14.3 Å². The van der Waals surface area contributed by atoms with E-state index in [1.54, 1.807) is 24.3 Å². The molecule has 0 saturated carbocycles. The van der Waals surface area contributed by atoms with Crippen LogP contribution in [-0.4, -0.2) is 29.7 Å². The van der Waals surface area contributed by atoms with Crippen LogP contribution in [0.3, 0.4) is 0 Å². The Hall–Kier alpha value is -1.86. The largest absolute Gasteiger partial charge is 0.465 e. The van der Waals surface area contributed by atoms with Crippen molar-refractivity contribution in [3.63, 3.8) is 0 Å². The highest BCUT2D eigenvalue weighted by molar-refractivity contribution is 8.01. The molecule has 0 saturated heterocycles. The van der Waals surface area contributed by atoms with E-state index in [1.165, 1.54) is 30.2 Å². The van der Waals surface area contributed by atoms with E-state index in [9.17, 15) is 9.59 Å². The first-order valence-electron chi connectivity index (χ1n) is 7.37. The van der Waals surface area contributed by atoms with Crippen molar-refractivity contribution in [3.8, 4) is 0 Å². The molecule has 5 nitrogen and oxygen atoms in total. The van der Waals surface area contributed by atoms with Gasteiger partial charge in [-0.25, -0.2) is 9.78 Å². The van der Waals surface area contributed by atoms with Gasteiger partial charge in [0, 0.05) is 10.8 Å². The molecule has 1 aromatic carbocycles. The van der Waals surface area contributed by atoms with Crippen molar-refractivity contribution in [2.75, 3.05) is 18.2 Å². The van der Waals surface area contributed by atoms with Crippen LogP contribution in [0.25, 0.3) is 0 Å². The van der Waals surface area contributed by atoms with Crippen LogP contribution in [0.2, 0.25) is 0 Å². The highest BCUT2D eigenvalue weighted by Gasteiger charge is 2.18. The number of thiazole rings is 1. The summed E-state index contributed by atoms with van der Waals surface area (Å²) in [6.45, 7) is 6.31. The Morgan fingerprint density at radius 2 is 2.00 bits per heavy atom. The van der Waals surface area contributed by atoms with Crippen LogP contribution in [0.5, 0.6) is 0 Å². The maximum atomic E-state index is 12.1. The van der Waals surface area contributed by atoms with E-state index < -0.39 is 5.97 Å². The maximum Gasteiger partial charge on any atom is 0.339 e. The number of carbonyl (C=O) groups excluding carboxylic acids is 2. The summed E-state index contributed by atoms with van der Waals surface area (Å²) in [5.41, 5.74) is 1.80. The lowest BCUT2D eigenvalue weighted by Gasteiger charge is -2.14. The molecule has 0 aliphatic carbocycles. The molecule has 128 valence electrons. The van der Waals surface area contributed by atoms with E-state index in [1.807, 2.05) is 5.38 Å². The zero-order chi connectivity index (χ0) is 17.7. The molecule has 24 heavy (non-hydrogen) atoms. The number of carbonyl (C=O) groups is 2. The Morgan fingerprint density at radius 1 is 1.29 bits per heavy atom. The van der Waals surface area contributed by atoms with Gasteiger partial charge in [0.25, 0.3) is 0 Å². The van der Waals surface area contributed by atoms with Crippen molar-refractivity contribution in [2.45, 2.75) is 30.5 Å². The first-order chi connectivity index (χ1) is 11.3. The summed E-state index contributed by atoms with van der Waals surface area (Å²) >= 11 is 2.92. The predicted molar refractivity (Wildman–Crippen MR) is 97.9 cm³/mol. The van der Waals surface area contributed by atoms with E-state index >= 15 is 0 Å². The summed E-state index contributed by atoms with van der Waals surface area (Å²) in [4.78, 5) is 28.4. The molecule has 2 rings (SSSR count). The van der Waals surface area contributed by atoms with Crippen LogP contribution >= 0.6 is 23.1 Å². The number of hydrogen-bond donors (Lipinski definition) is 1. The smallest absolute Gasteiger partial charge is 0.339 e. The third-order valence-corrected chi connectivity index (χ3v) is 5.21. The topological polar surface area (TPSA) is 68.3 Å². The summed E-state index contributed by atoms with van der Waals surface area (Å²) in [5, 5.41) is 4.77. The first-order valence-corrected chi connectivity index (χ1v) is 9.24. The molecular weight excluding hydrogens is 344 g/mol. The average Bonchev–Trinajstić information content (AvgIpc) is 3.02. The fourth-order valence-corrected chi connectivity index (χ4v) is 3.71. The van der Waals surface area contributed by atoms with E-state index in [2.05, 4.69) is 31.1 Å². The number of anilines is 1. The fourth-order valence-electron chi connectivity index (χ4n) is 1.86. The lowest BCUT2D eigenvalue weighted by molar-refractivity contribution is -0.113. The molecule has 0 atom stereocenters. The molecule has 2 aromatic rings. The zero-order valence-electron chi connectivity index (χ0n) is 14.1. The number of rotatable bonds is 5. The monoisotopic (exact) mass is 364 g/mol. The van der Waals surface area contributed by atoms with Crippen LogP contribution in [0.1, 0.15) is 36.8 Å². The normalized spacial score (nSPS) is 11.2. The highest BCUT2D eigenvalue weighted by Crippen LogP contribution is 2.29. The number of amides is 1. The second kappa shape index (κ2) is 7.81. The lowest BCUT2D eigenvalue weighted by atomic mass is 9.93. The third-order valence-electron chi connectivity index (χ3n) is 3.18. The Morgan fingerprint density at radius 3 is 2.62 bits per heavy atom. The second-order valence-electron chi connectivity index (χ2n) is 6.12. The number of nitrogens with zero attached hydrogens (tertiary/aromatic N) is 1. The van der Waals surface area contributed by atoms with E-state index in [4.69, 9.17) is 4.74 Å². The van der Waals surface area contributed by atoms with Gasteiger partial charge in [-0.1, -0.05) is 44.7 Å². The van der Waals surface area contributed by atoms with Gasteiger partial charge >= 0.3 is 5.97 Å². The minimum absolute atomic E-state index is 0.00295. The Bertz CT molecular complexity index is 735. The summed E-state index contributed by atoms with van der Waals surface area (Å²) < 4.78 is 5.58. The van der Waals surface area contributed by atoms with E-state index in [-0.39, 0.29) is 17.1 Å². The molecule has 0 fully saturated rings. The molecule has 1 N–H and O–H groups in total. The van der Waals surface area contributed by atoms with Gasteiger partial charge in [-0.2, -0.15) is 0 Å². The number of benzene rings is 1. The Kier molecular flexibility index (Phi) is 6.01. The van der Waals surface area contributed by atoms with Crippen LogP contribution in [0.15, 0.2) is 34.0 Å². The predicted octanol–water partition coefficient (Wildman–Crippen LogP) is 3.96. The minimum atomic E-state index is -0.478. The van der Waals surface area contributed by atoms with Crippen molar-refractivity contribution in [3.05, 3.63) is 40.9 Å². The third kappa shape index (κ3) is 4.82. The molecule has 7 heteroatoms. The van der Waals surface area contributed by atoms with Gasteiger partial charge in [0.05, 0.1) is 29.8 Å². The number of nitrogens with one attached hydrogen (secondary N) is 1. The van der Waals surface area contributed by atoms with Gasteiger partial charge in [-0.05, 0) is 12.1 Å². The van der Waals surface area contributed by atoms with E-state index in [0.717, 1.165) is 10.0 Å². The number of methoxy groups -OCH3 is 1. The molecule has 0 radical (unpaired) electrons. The Balaban J connectivity index is 1.97. The van der Waals surface area contributed by atoms with Crippen molar-refractivity contribution >= 4 is 40.7 Å². The molecule has 1 aromatic heterocycles. The number of hydrogen-bond acceptors (Lipinski definition) is 6. The van der Waals surface area contributed by atoms with Crippen molar-refractivity contribution in [1.29, 1.82) is 0 Å². The van der Waals surface area contributed by atoms with Gasteiger partial charge in [0.2, 0.25) is 5.91 Å². The van der Waals surface area contributed by atoms with Crippen molar-refractivity contribution in [2.24, 2.45) is 0 Å². The maximum absolute atomic E-state index is 12.1. The molecule has 0 unspecified atom stereocenters. The highest BCUT2D eigenvalue weighted by atomic mass is 32.2. The average molecular weight is 364 g/mol. The molecule has 0 aliphatic heterocycles. The number of ether oxygens (including phenoxy) is 1. The summed E-state index contributed by atoms with van der Waals surface area (Å²) in [7, 11) is 1.31. The molecule has 0 aliphatic rings. The number of thioether (sulfide) groups is 1. The van der Waals surface area contributed by atoms with Crippen LogP contribution in [0.4, 0.5) is 5.69 Å². The Labute approximate surface area is 149 Å². The molecular formula is C17H20N2O3S2. The van der Waals surface area contributed by atoms with Crippen LogP contribution < -0.4 is 5.32 Å². The van der Waals surface area contributed by atoms with E-state index in [0.29, 0.717) is 11.3 Å². The van der Waals surface area contributed by atoms with Gasteiger partial charge in [0.15, 0.2) is 4.34 Å². The molecule has 1 amide bonds. The molecule has 1 heterocycles.